The number of rotatable bonds is 4. The van der Waals surface area contributed by atoms with Gasteiger partial charge in [0.2, 0.25) is 0 Å². The first kappa shape index (κ1) is 20.5. The number of halogens is 2. The van der Waals surface area contributed by atoms with E-state index in [4.69, 9.17) is 23.2 Å². The van der Waals surface area contributed by atoms with Gasteiger partial charge in [0.15, 0.2) is 0 Å². The first-order valence-corrected chi connectivity index (χ1v) is 12.3. The van der Waals surface area contributed by atoms with Crippen molar-refractivity contribution in [3.63, 3.8) is 0 Å². The minimum absolute atomic E-state index is 0.262. The van der Waals surface area contributed by atoms with Gasteiger partial charge >= 0.3 is 0 Å². The number of fused-ring (bicyclic) bond motifs is 3. The number of amides is 2. The van der Waals surface area contributed by atoms with Gasteiger partial charge in [0.1, 0.15) is 9.75 Å². The van der Waals surface area contributed by atoms with Gasteiger partial charge in [-0.3, -0.25) is 9.59 Å². The quantitative estimate of drug-likeness (QED) is 0.261. The van der Waals surface area contributed by atoms with Crippen molar-refractivity contribution in [1.82, 2.24) is 0 Å². The minimum atomic E-state index is -0.262. The molecule has 4 nitrogen and oxygen atoms in total. The van der Waals surface area contributed by atoms with Gasteiger partial charge in [-0.25, -0.2) is 0 Å². The van der Waals surface area contributed by atoms with Gasteiger partial charge < -0.3 is 10.6 Å². The van der Waals surface area contributed by atoms with Crippen molar-refractivity contribution >= 4 is 99.2 Å². The Hall–Kier alpha value is -2.42. The number of hydrogen-bond acceptors (Lipinski definition) is 5. The van der Waals surface area contributed by atoms with Crippen molar-refractivity contribution in [2.75, 3.05) is 10.6 Å². The van der Waals surface area contributed by atoms with Crippen molar-refractivity contribution in [3.8, 4) is 0 Å². The minimum Gasteiger partial charge on any atom is -0.321 e. The molecule has 9 heteroatoms. The van der Waals surface area contributed by atoms with E-state index in [1.54, 1.807) is 0 Å². The maximum Gasteiger partial charge on any atom is 0.267 e. The lowest BCUT2D eigenvalue weighted by Gasteiger charge is -2.03. The van der Waals surface area contributed by atoms with Gasteiger partial charge in [-0.05, 0) is 24.3 Å². The highest BCUT2D eigenvalue weighted by Gasteiger charge is 2.26. The van der Waals surface area contributed by atoms with E-state index in [0.29, 0.717) is 31.2 Å². The summed E-state index contributed by atoms with van der Waals surface area (Å²) < 4.78 is 3.36. The molecule has 31 heavy (non-hydrogen) atoms. The fourth-order valence-electron chi connectivity index (χ4n) is 3.09. The van der Waals surface area contributed by atoms with E-state index >= 15 is 0 Å². The SMILES string of the molecule is O=C(Nc1ccccc1)c1sc2c(sc3c(Cl)c(C(=O)Nc4ccccc4)sc32)c1Cl. The third-order valence-corrected chi connectivity index (χ3v) is 9.73. The Morgan fingerprint density at radius 2 is 0.968 bits per heavy atom. The smallest absolute Gasteiger partial charge is 0.267 e. The lowest BCUT2D eigenvalue weighted by Crippen LogP contribution is -2.10. The monoisotopic (exact) mass is 502 g/mol. The number of anilines is 2. The summed E-state index contributed by atoms with van der Waals surface area (Å²) in [6.45, 7) is 0. The molecule has 3 heterocycles. The number of para-hydroxylation sites is 2. The largest absolute Gasteiger partial charge is 0.321 e. The Kier molecular flexibility index (Phi) is 5.45. The van der Waals surface area contributed by atoms with E-state index in [1.165, 1.54) is 34.0 Å². The third-order valence-electron chi connectivity index (χ3n) is 4.50. The molecule has 154 valence electrons. The van der Waals surface area contributed by atoms with Crippen molar-refractivity contribution < 1.29 is 9.59 Å². The van der Waals surface area contributed by atoms with Crippen LogP contribution in [-0.4, -0.2) is 11.8 Å². The fraction of sp³-hybridized carbons (Fsp3) is 0. The summed E-state index contributed by atoms with van der Waals surface area (Å²) in [5.74, 6) is -0.523. The summed E-state index contributed by atoms with van der Waals surface area (Å²) in [5.41, 5.74) is 1.40. The van der Waals surface area contributed by atoms with Crippen molar-refractivity contribution in [2.45, 2.75) is 0 Å². The van der Waals surface area contributed by atoms with Crippen LogP contribution < -0.4 is 10.6 Å². The molecule has 5 rings (SSSR count). The highest BCUT2D eigenvalue weighted by atomic mass is 35.5. The summed E-state index contributed by atoms with van der Waals surface area (Å²) in [5, 5.41) is 6.55. The molecule has 2 N–H and O–H groups in total. The topological polar surface area (TPSA) is 58.2 Å². The second-order valence-corrected chi connectivity index (χ2v) is 10.4. The van der Waals surface area contributed by atoms with Crippen molar-refractivity contribution in [1.29, 1.82) is 0 Å². The normalized spacial score (nSPS) is 11.2. The van der Waals surface area contributed by atoms with Gasteiger partial charge in [0.25, 0.3) is 11.8 Å². The molecular formula is C22H12Cl2N2O2S3. The molecule has 0 fully saturated rings. The van der Waals surface area contributed by atoms with Gasteiger partial charge in [-0.1, -0.05) is 59.6 Å². The Labute approximate surface area is 199 Å². The maximum absolute atomic E-state index is 12.8. The third kappa shape index (κ3) is 3.73. The lowest BCUT2D eigenvalue weighted by atomic mass is 10.3. The van der Waals surface area contributed by atoms with Gasteiger partial charge in [-0.15, -0.1) is 34.0 Å². The number of carbonyl (C=O) groups excluding carboxylic acids is 2. The summed E-state index contributed by atoms with van der Waals surface area (Å²) in [6.07, 6.45) is 0. The molecule has 0 unspecified atom stereocenters. The van der Waals surface area contributed by atoms with E-state index in [-0.39, 0.29) is 11.8 Å². The van der Waals surface area contributed by atoms with Crippen LogP contribution in [0.25, 0.3) is 18.8 Å². The first-order valence-electron chi connectivity index (χ1n) is 9.08. The maximum atomic E-state index is 12.8. The van der Waals surface area contributed by atoms with Crippen molar-refractivity contribution in [3.05, 3.63) is 80.5 Å². The molecule has 3 aromatic heterocycles. The molecule has 2 aromatic carbocycles. The second kappa shape index (κ2) is 8.26. The summed E-state index contributed by atoms with van der Waals surface area (Å²) in [7, 11) is 0. The second-order valence-electron chi connectivity index (χ2n) is 6.55. The van der Waals surface area contributed by atoms with Crippen LogP contribution in [-0.2, 0) is 0 Å². The Bertz CT molecular complexity index is 1330. The zero-order chi connectivity index (χ0) is 21.5. The molecule has 2 amide bonds. The number of nitrogens with one attached hydrogen (secondary N) is 2. The number of benzene rings is 2. The number of carbonyl (C=O) groups is 2. The Balaban J connectivity index is 1.50. The van der Waals surface area contributed by atoms with Crippen LogP contribution in [0.15, 0.2) is 60.7 Å². The molecule has 0 radical (unpaired) electrons. The zero-order valence-electron chi connectivity index (χ0n) is 15.6. The summed E-state index contributed by atoms with van der Waals surface area (Å²) >= 11 is 17.1. The predicted molar refractivity (Wildman–Crippen MR) is 134 cm³/mol. The van der Waals surface area contributed by atoms with Crippen LogP contribution >= 0.6 is 57.2 Å². The molecule has 0 aliphatic rings. The molecule has 0 bridgehead atoms. The van der Waals surface area contributed by atoms with Gasteiger partial charge in [0.05, 0.1) is 28.8 Å². The van der Waals surface area contributed by atoms with Crippen molar-refractivity contribution in [2.24, 2.45) is 0 Å². The average molecular weight is 503 g/mol. The molecule has 0 saturated heterocycles. The van der Waals surface area contributed by atoms with Crippen LogP contribution in [0.1, 0.15) is 19.3 Å². The van der Waals surface area contributed by atoms with Crippen LogP contribution in [0.3, 0.4) is 0 Å². The van der Waals surface area contributed by atoms with Gasteiger partial charge in [0, 0.05) is 11.4 Å². The predicted octanol–water partition coefficient (Wildman–Crippen LogP) is 7.99. The van der Waals surface area contributed by atoms with Crippen LogP contribution in [0.4, 0.5) is 11.4 Å². The number of hydrogen-bond donors (Lipinski definition) is 2. The fourth-order valence-corrected chi connectivity index (χ4v) is 7.87. The Morgan fingerprint density at radius 1 is 0.581 bits per heavy atom. The first-order chi connectivity index (χ1) is 15.0. The molecule has 0 saturated carbocycles. The summed E-state index contributed by atoms with van der Waals surface area (Å²) in [4.78, 5) is 26.4. The van der Waals surface area contributed by atoms with E-state index in [0.717, 1.165) is 18.8 Å². The number of thiophene rings is 3. The van der Waals surface area contributed by atoms with Gasteiger partial charge in [-0.2, -0.15) is 0 Å². The van der Waals surface area contributed by atoms with E-state index in [9.17, 15) is 9.59 Å². The Morgan fingerprint density at radius 3 is 1.35 bits per heavy atom. The van der Waals surface area contributed by atoms with Crippen LogP contribution in [0.2, 0.25) is 10.0 Å². The van der Waals surface area contributed by atoms with Crippen LogP contribution in [0.5, 0.6) is 0 Å². The molecule has 0 atom stereocenters. The molecular weight excluding hydrogens is 491 g/mol. The molecule has 0 aliphatic carbocycles. The zero-order valence-corrected chi connectivity index (χ0v) is 19.5. The summed E-state index contributed by atoms with van der Waals surface area (Å²) in [6, 6.07) is 18.4. The molecule has 0 aliphatic heterocycles. The standard InChI is InChI=1S/C22H12Cl2N2O2S3/c23-13-15-19(30-17(13)21(27)25-11-7-3-1-4-8-11)20-16(29-15)14(24)18(31-20)22(28)26-12-9-5-2-6-10-12/h1-10H,(H,25,27)(H,26,28). The highest BCUT2D eigenvalue weighted by molar-refractivity contribution is 7.40. The van der Waals surface area contributed by atoms with E-state index in [1.807, 2.05) is 60.7 Å². The highest BCUT2D eigenvalue weighted by Crippen LogP contribution is 2.51. The molecule has 0 spiro atoms. The lowest BCUT2D eigenvalue weighted by molar-refractivity contribution is 0.102. The average Bonchev–Trinajstić information content (AvgIpc) is 3.40. The van der Waals surface area contributed by atoms with E-state index < -0.39 is 0 Å². The van der Waals surface area contributed by atoms with E-state index in [2.05, 4.69) is 10.6 Å². The van der Waals surface area contributed by atoms with Crippen LogP contribution in [0, 0.1) is 0 Å². The molecule has 5 aromatic rings.